The third kappa shape index (κ3) is 4.82. The number of likely N-dealkylation sites (N-methyl/N-ethyl adjacent to an activating group) is 1. The maximum atomic E-state index is 12.0. The van der Waals surface area contributed by atoms with E-state index in [0.717, 1.165) is 17.6 Å². The maximum absolute atomic E-state index is 12.0. The van der Waals surface area contributed by atoms with Crippen LogP contribution >= 0.6 is 0 Å². The molecule has 0 saturated carbocycles. The number of carbonyl (C=O) groups is 1. The van der Waals surface area contributed by atoms with E-state index in [1.54, 1.807) is 6.08 Å². The van der Waals surface area contributed by atoms with Gasteiger partial charge in [-0.1, -0.05) is 37.3 Å². The molecule has 20 heavy (non-hydrogen) atoms. The van der Waals surface area contributed by atoms with Crippen molar-refractivity contribution in [2.45, 2.75) is 32.7 Å². The van der Waals surface area contributed by atoms with Crippen LogP contribution in [0, 0.1) is 0 Å². The highest BCUT2D eigenvalue weighted by Gasteiger charge is 2.20. The van der Waals surface area contributed by atoms with Crippen molar-refractivity contribution < 1.29 is 4.79 Å². The SMILES string of the molecule is CC/C(=C\C(=O)NCC(C)(C)N(C)C)c1ccccc1. The van der Waals surface area contributed by atoms with Gasteiger partial charge in [-0.05, 0) is 45.5 Å². The average molecular weight is 274 g/mol. The Labute approximate surface area is 122 Å². The summed E-state index contributed by atoms with van der Waals surface area (Å²) in [5.74, 6) is -0.0272. The fraction of sp³-hybridized carbons (Fsp3) is 0.471. The molecule has 0 aromatic heterocycles. The lowest BCUT2D eigenvalue weighted by molar-refractivity contribution is -0.116. The van der Waals surface area contributed by atoms with Crippen LogP contribution in [-0.4, -0.2) is 37.0 Å². The maximum Gasteiger partial charge on any atom is 0.244 e. The van der Waals surface area contributed by atoms with Crippen LogP contribution < -0.4 is 5.32 Å². The molecule has 0 aliphatic rings. The minimum absolute atomic E-state index is 0.0272. The highest BCUT2D eigenvalue weighted by atomic mass is 16.1. The van der Waals surface area contributed by atoms with Gasteiger partial charge in [0, 0.05) is 18.2 Å². The minimum Gasteiger partial charge on any atom is -0.351 e. The summed E-state index contributed by atoms with van der Waals surface area (Å²) in [7, 11) is 4.03. The summed E-state index contributed by atoms with van der Waals surface area (Å²) in [6, 6.07) is 10.0. The first-order chi connectivity index (χ1) is 9.36. The predicted molar refractivity (Wildman–Crippen MR) is 85.5 cm³/mol. The minimum atomic E-state index is -0.0530. The largest absolute Gasteiger partial charge is 0.351 e. The molecule has 0 aliphatic heterocycles. The molecule has 3 heteroatoms. The summed E-state index contributed by atoms with van der Waals surface area (Å²) in [6.45, 7) is 6.90. The van der Waals surface area contributed by atoms with Gasteiger partial charge in [0.1, 0.15) is 0 Å². The molecule has 1 rings (SSSR count). The number of nitrogens with zero attached hydrogens (tertiary/aromatic N) is 1. The molecule has 0 heterocycles. The molecular formula is C17H26N2O. The molecule has 0 spiro atoms. The van der Waals surface area contributed by atoms with Gasteiger partial charge in [-0.25, -0.2) is 0 Å². The first-order valence-corrected chi connectivity index (χ1v) is 7.08. The van der Waals surface area contributed by atoms with Gasteiger partial charge in [0.2, 0.25) is 5.91 Å². The summed E-state index contributed by atoms with van der Waals surface area (Å²) < 4.78 is 0. The lowest BCUT2D eigenvalue weighted by Crippen LogP contribution is -2.47. The second kappa shape index (κ2) is 7.25. The van der Waals surface area contributed by atoms with Gasteiger partial charge in [-0.3, -0.25) is 4.79 Å². The van der Waals surface area contributed by atoms with E-state index < -0.39 is 0 Å². The average Bonchev–Trinajstić information content (AvgIpc) is 2.43. The zero-order chi connectivity index (χ0) is 15.2. The number of hydrogen-bond acceptors (Lipinski definition) is 2. The molecule has 0 radical (unpaired) electrons. The van der Waals surface area contributed by atoms with Crippen molar-refractivity contribution in [1.29, 1.82) is 0 Å². The Morgan fingerprint density at radius 2 is 1.85 bits per heavy atom. The molecule has 0 fully saturated rings. The highest BCUT2D eigenvalue weighted by molar-refractivity contribution is 5.95. The number of hydrogen-bond donors (Lipinski definition) is 1. The van der Waals surface area contributed by atoms with Gasteiger partial charge in [-0.2, -0.15) is 0 Å². The predicted octanol–water partition coefficient (Wildman–Crippen LogP) is 2.94. The third-order valence-electron chi connectivity index (χ3n) is 3.74. The molecule has 0 unspecified atom stereocenters. The Kier molecular flexibility index (Phi) is 5.96. The van der Waals surface area contributed by atoms with Crippen LogP contribution in [0.15, 0.2) is 36.4 Å². The lowest BCUT2D eigenvalue weighted by atomic mass is 10.0. The standard InChI is InChI=1S/C17H26N2O/c1-6-14(15-10-8-7-9-11-15)12-16(20)18-13-17(2,3)19(4)5/h7-12H,6,13H2,1-5H3,(H,18,20)/b14-12+. The molecule has 1 amide bonds. The van der Waals surface area contributed by atoms with Crippen molar-refractivity contribution >= 4 is 11.5 Å². The summed E-state index contributed by atoms with van der Waals surface area (Å²) in [4.78, 5) is 14.2. The van der Waals surface area contributed by atoms with Crippen LogP contribution in [0.5, 0.6) is 0 Å². The van der Waals surface area contributed by atoms with Crippen molar-refractivity contribution in [1.82, 2.24) is 10.2 Å². The Balaban J connectivity index is 2.70. The monoisotopic (exact) mass is 274 g/mol. The molecule has 0 saturated heterocycles. The molecular weight excluding hydrogens is 248 g/mol. The fourth-order valence-electron chi connectivity index (χ4n) is 1.71. The molecule has 0 aliphatic carbocycles. The van der Waals surface area contributed by atoms with Crippen LogP contribution in [0.2, 0.25) is 0 Å². The van der Waals surface area contributed by atoms with Gasteiger partial charge in [-0.15, -0.1) is 0 Å². The van der Waals surface area contributed by atoms with Crippen molar-refractivity contribution in [2.24, 2.45) is 0 Å². The summed E-state index contributed by atoms with van der Waals surface area (Å²) >= 11 is 0. The van der Waals surface area contributed by atoms with Crippen LogP contribution in [0.4, 0.5) is 0 Å². The molecule has 1 N–H and O–H groups in total. The van der Waals surface area contributed by atoms with Gasteiger partial charge >= 0.3 is 0 Å². The van der Waals surface area contributed by atoms with Crippen LogP contribution in [0.3, 0.4) is 0 Å². The van der Waals surface area contributed by atoms with Gasteiger partial charge < -0.3 is 10.2 Å². The van der Waals surface area contributed by atoms with Crippen molar-refractivity contribution in [3.63, 3.8) is 0 Å². The summed E-state index contributed by atoms with van der Waals surface area (Å²) in [5, 5.41) is 2.98. The first-order valence-electron chi connectivity index (χ1n) is 7.08. The second-order valence-corrected chi connectivity index (χ2v) is 5.81. The number of benzene rings is 1. The number of carbonyl (C=O) groups excluding carboxylic acids is 1. The fourth-order valence-corrected chi connectivity index (χ4v) is 1.71. The number of rotatable bonds is 6. The van der Waals surface area contributed by atoms with Gasteiger partial charge in [0.05, 0.1) is 0 Å². The van der Waals surface area contributed by atoms with E-state index in [0.29, 0.717) is 6.54 Å². The van der Waals surface area contributed by atoms with E-state index in [2.05, 4.69) is 31.0 Å². The zero-order valence-corrected chi connectivity index (χ0v) is 13.2. The smallest absolute Gasteiger partial charge is 0.244 e. The Morgan fingerprint density at radius 1 is 1.25 bits per heavy atom. The molecule has 3 nitrogen and oxygen atoms in total. The van der Waals surface area contributed by atoms with Crippen molar-refractivity contribution in [3.05, 3.63) is 42.0 Å². The van der Waals surface area contributed by atoms with E-state index in [4.69, 9.17) is 0 Å². The van der Waals surface area contributed by atoms with E-state index >= 15 is 0 Å². The first kappa shape index (κ1) is 16.4. The second-order valence-electron chi connectivity index (χ2n) is 5.81. The van der Waals surface area contributed by atoms with Crippen LogP contribution in [-0.2, 0) is 4.79 Å². The molecule has 0 atom stereocenters. The van der Waals surface area contributed by atoms with Gasteiger partial charge in [0.15, 0.2) is 0 Å². The lowest BCUT2D eigenvalue weighted by Gasteiger charge is -2.32. The quantitative estimate of drug-likeness (QED) is 0.809. The van der Waals surface area contributed by atoms with E-state index in [1.165, 1.54) is 0 Å². The molecule has 0 bridgehead atoms. The van der Waals surface area contributed by atoms with Crippen molar-refractivity contribution in [2.75, 3.05) is 20.6 Å². The number of allylic oxidation sites excluding steroid dienone is 1. The Morgan fingerprint density at radius 3 is 2.35 bits per heavy atom. The molecule has 1 aromatic carbocycles. The Hall–Kier alpha value is -1.61. The molecule has 1 aromatic rings. The normalized spacial score (nSPS) is 12.6. The van der Waals surface area contributed by atoms with E-state index in [1.807, 2.05) is 44.4 Å². The van der Waals surface area contributed by atoms with E-state index in [9.17, 15) is 4.79 Å². The highest BCUT2D eigenvalue weighted by Crippen LogP contribution is 2.17. The van der Waals surface area contributed by atoms with Crippen LogP contribution in [0.25, 0.3) is 5.57 Å². The number of amides is 1. The van der Waals surface area contributed by atoms with Crippen molar-refractivity contribution in [3.8, 4) is 0 Å². The topological polar surface area (TPSA) is 32.3 Å². The van der Waals surface area contributed by atoms with Crippen LogP contribution in [0.1, 0.15) is 32.8 Å². The van der Waals surface area contributed by atoms with E-state index in [-0.39, 0.29) is 11.4 Å². The van der Waals surface area contributed by atoms with Gasteiger partial charge in [0.25, 0.3) is 0 Å². The number of nitrogens with one attached hydrogen (secondary N) is 1. The zero-order valence-electron chi connectivity index (χ0n) is 13.2. The summed E-state index contributed by atoms with van der Waals surface area (Å²) in [6.07, 6.45) is 2.55. The molecule has 110 valence electrons. The third-order valence-corrected chi connectivity index (χ3v) is 3.74. The Bertz CT molecular complexity index is 461. The summed E-state index contributed by atoms with van der Waals surface area (Å²) in [5.41, 5.74) is 2.12.